The molecule has 0 unspecified atom stereocenters. The first-order valence-corrected chi connectivity index (χ1v) is 8.92. The van der Waals surface area contributed by atoms with Gasteiger partial charge in [0.25, 0.3) is 11.8 Å². The Balaban J connectivity index is 1.61. The van der Waals surface area contributed by atoms with E-state index < -0.39 is 0 Å². The molecule has 2 aromatic carbocycles. The Morgan fingerprint density at radius 3 is 2.58 bits per heavy atom. The van der Waals surface area contributed by atoms with Gasteiger partial charge in [-0.1, -0.05) is 23.8 Å². The Bertz CT molecular complexity index is 811. The summed E-state index contributed by atoms with van der Waals surface area (Å²) in [7, 11) is 0. The van der Waals surface area contributed by atoms with Gasteiger partial charge < -0.3 is 15.0 Å². The fraction of sp³-hybridized carbons (Fsp3) is 0.333. The summed E-state index contributed by atoms with van der Waals surface area (Å²) in [5, 5.41) is 2.89. The third-order valence-corrected chi connectivity index (χ3v) is 4.54. The van der Waals surface area contributed by atoms with Crippen molar-refractivity contribution in [1.29, 1.82) is 0 Å². The zero-order valence-electron chi connectivity index (χ0n) is 15.2. The van der Waals surface area contributed by atoms with E-state index in [-0.39, 0.29) is 18.4 Å². The van der Waals surface area contributed by atoms with E-state index in [4.69, 9.17) is 4.74 Å². The lowest BCUT2D eigenvalue weighted by atomic mass is 10.1. The molecule has 2 aromatic rings. The van der Waals surface area contributed by atoms with Crippen LogP contribution in [0.15, 0.2) is 42.5 Å². The van der Waals surface area contributed by atoms with Gasteiger partial charge in [-0.15, -0.1) is 0 Å². The van der Waals surface area contributed by atoms with Crippen molar-refractivity contribution in [2.24, 2.45) is 0 Å². The van der Waals surface area contributed by atoms with Gasteiger partial charge in [-0.2, -0.15) is 0 Å². The monoisotopic (exact) mass is 352 g/mol. The molecule has 1 fully saturated rings. The van der Waals surface area contributed by atoms with Crippen molar-refractivity contribution in [3.05, 3.63) is 59.2 Å². The number of rotatable bonds is 5. The van der Waals surface area contributed by atoms with Gasteiger partial charge in [0.1, 0.15) is 5.75 Å². The van der Waals surface area contributed by atoms with Crippen LogP contribution in [-0.4, -0.2) is 36.4 Å². The van der Waals surface area contributed by atoms with Crippen molar-refractivity contribution < 1.29 is 14.3 Å². The lowest BCUT2D eigenvalue weighted by Crippen LogP contribution is -2.32. The number of ether oxygens (including phenoxy) is 1. The minimum absolute atomic E-state index is 0.00668. The van der Waals surface area contributed by atoms with E-state index in [2.05, 4.69) is 5.32 Å². The highest BCUT2D eigenvalue weighted by Gasteiger charge is 2.18. The zero-order valence-corrected chi connectivity index (χ0v) is 15.2. The van der Waals surface area contributed by atoms with Crippen LogP contribution < -0.4 is 10.1 Å². The summed E-state index contributed by atoms with van der Waals surface area (Å²) in [6, 6.07) is 12.9. The maximum absolute atomic E-state index is 12.5. The summed E-state index contributed by atoms with van der Waals surface area (Å²) in [5.74, 6) is 0.413. The topological polar surface area (TPSA) is 58.6 Å². The molecule has 0 atom stereocenters. The number of aryl methyl sites for hydroxylation is 2. The quantitative estimate of drug-likeness (QED) is 0.895. The van der Waals surface area contributed by atoms with E-state index >= 15 is 0 Å². The number of hydrogen-bond acceptors (Lipinski definition) is 3. The summed E-state index contributed by atoms with van der Waals surface area (Å²) in [5.41, 5.74) is 3.34. The fourth-order valence-corrected chi connectivity index (χ4v) is 3.13. The van der Waals surface area contributed by atoms with Crippen LogP contribution in [0.2, 0.25) is 0 Å². The summed E-state index contributed by atoms with van der Waals surface area (Å²) < 4.78 is 5.61. The van der Waals surface area contributed by atoms with E-state index in [1.807, 2.05) is 36.9 Å². The summed E-state index contributed by atoms with van der Waals surface area (Å²) in [4.78, 5) is 26.4. The van der Waals surface area contributed by atoms with Crippen molar-refractivity contribution >= 4 is 17.5 Å². The van der Waals surface area contributed by atoms with Gasteiger partial charge in [0.2, 0.25) is 0 Å². The molecule has 0 radical (unpaired) electrons. The van der Waals surface area contributed by atoms with Crippen LogP contribution in [-0.2, 0) is 4.79 Å². The number of anilines is 1. The van der Waals surface area contributed by atoms with Gasteiger partial charge in [0.15, 0.2) is 6.61 Å². The summed E-state index contributed by atoms with van der Waals surface area (Å²) in [6.45, 7) is 5.57. The summed E-state index contributed by atoms with van der Waals surface area (Å²) in [6.07, 6.45) is 2.12. The average Bonchev–Trinajstić information content (AvgIpc) is 3.14. The summed E-state index contributed by atoms with van der Waals surface area (Å²) >= 11 is 0. The van der Waals surface area contributed by atoms with E-state index in [9.17, 15) is 9.59 Å². The number of nitrogens with zero attached hydrogens (tertiary/aromatic N) is 1. The van der Waals surface area contributed by atoms with Crippen LogP contribution in [0.4, 0.5) is 5.69 Å². The van der Waals surface area contributed by atoms with Crippen LogP contribution in [0.25, 0.3) is 0 Å². The second-order valence-electron chi connectivity index (χ2n) is 6.68. The van der Waals surface area contributed by atoms with Gasteiger partial charge >= 0.3 is 0 Å². The number of nitrogens with one attached hydrogen (secondary N) is 1. The molecule has 0 aromatic heterocycles. The number of amides is 2. The highest BCUT2D eigenvalue weighted by molar-refractivity contribution is 6.05. The molecule has 2 amide bonds. The zero-order chi connectivity index (χ0) is 18.5. The molecule has 1 aliphatic heterocycles. The first-order chi connectivity index (χ1) is 12.5. The molecule has 3 rings (SSSR count). The van der Waals surface area contributed by atoms with E-state index in [1.165, 1.54) is 0 Å². The van der Waals surface area contributed by atoms with Crippen LogP contribution in [0, 0.1) is 13.8 Å². The SMILES string of the molecule is Cc1ccc(C(=O)Nc2cccc(OCC(=O)N3CCCC3)c2)c(C)c1. The first-order valence-electron chi connectivity index (χ1n) is 8.92. The molecule has 1 heterocycles. The van der Waals surface area contributed by atoms with Crippen LogP contribution in [0.5, 0.6) is 5.75 Å². The smallest absolute Gasteiger partial charge is 0.260 e. The molecule has 5 nitrogen and oxygen atoms in total. The predicted molar refractivity (Wildman–Crippen MR) is 102 cm³/mol. The highest BCUT2D eigenvalue weighted by Crippen LogP contribution is 2.20. The lowest BCUT2D eigenvalue weighted by Gasteiger charge is -2.16. The maximum atomic E-state index is 12.5. The molecule has 136 valence electrons. The van der Waals surface area contributed by atoms with Crippen molar-refractivity contribution in [3.8, 4) is 5.75 Å². The third-order valence-electron chi connectivity index (χ3n) is 4.54. The minimum atomic E-state index is -0.159. The number of carbonyl (C=O) groups is 2. The Hall–Kier alpha value is -2.82. The molecule has 0 bridgehead atoms. The normalized spacial score (nSPS) is 13.5. The van der Waals surface area contributed by atoms with Gasteiger partial charge in [0, 0.05) is 30.4 Å². The Kier molecular flexibility index (Phi) is 5.56. The second kappa shape index (κ2) is 8.04. The predicted octanol–water partition coefficient (Wildman–Crippen LogP) is 3.56. The Morgan fingerprint density at radius 1 is 1.08 bits per heavy atom. The maximum Gasteiger partial charge on any atom is 0.260 e. The van der Waals surface area contributed by atoms with Crippen molar-refractivity contribution in [1.82, 2.24) is 4.90 Å². The standard InChI is InChI=1S/C21H24N2O3/c1-15-8-9-19(16(2)12-15)21(25)22-17-6-5-7-18(13-17)26-14-20(24)23-10-3-4-11-23/h5-9,12-13H,3-4,10-11,14H2,1-2H3,(H,22,25). The molecular formula is C21H24N2O3. The number of benzene rings is 2. The lowest BCUT2D eigenvalue weighted by molar-refractivity contribution is -0.132. The van der Waals surface area contributed by atoms with E-state index in [1.54, 1.807) is 24.3 Å². The first kappa shape index (κ1) is 18.0. The highest BCUT2D eigenvalue weighted by atomic mass is 16.5. The molecule has 1 N–H and O–H groups in total. The molecule has 5 heteroatoms. The molecule has 0 spiro atoms. The van der Waals surface area contributed by atoms with Crippen LogP contribution in [0.3, 0.4) is 0 Å². The minimum Gasteiger partial charge on any atom is -0.484 e. The number of carbonyl (C=O) groups excluding carboxylic acids is 2. The largest absolute Gasteiger partial charge is 0.484 e. The van der Waals surface area contributed by atoms with E-state index in [0.717, 1.165) is 37.1 Å². The van der Waals surface area contributed by atoms with Crippen molar-refractivity contribution in [2.45, 2.75) is 26.7 Å². The molecule has 1 saturated heterocycles. The number of hydrogen-bond donors (Lipinski definition) is 1. The van der Waals surface area contributed by atoms with Crippen molar-refractivity contribution in [3.63, 3.8) is 0 Å². The van der Waals surface area contributed by atoms with Gasteiger partial charge in [-0.25, -0.2) is 0 Å². The molecular weight excluding hydrogens is 328 g/mol. The molecule has 0 saturated carbocycles. The van der Waals surface area contributed by atoms with Gasteiger partial charge in [0.05, 0.1) is 0 Å². The van der Waals surface area contributed by atoms with Crippen molar-refractivity contribution in [2.75, 3.05) is 25.0 Å². The van der Waals surface area contributed by atoms with Gasteiger partial charge in [-0.05, 0) is 50.5 Å². The Morgan fingerprint density at radius 2 is 1.85 bits per heavy atom. The van der Waals surface area contributed by atoms with E-state index in [0.29, 0.717) is 17.0 Å². The van der Waals surface area contributed by atoms with Crippen LogP contribution >= 0.6 is 0 Å². The number of likely N-dealkylation sites (tertiary alicyclic amines) is 1. The van der Waals surface area contributed by atoms with Gasteiger partial charge in [-0.3, -0.25) is 9.59 Å². The molecule has 0 aliphatic carbocycles. The molecule has 1 aliphatic rings. The molecule has 26 heavy (non-hydrogen) atoms. The average molecular weight is 352 g/mol. The Labute approximate surface area is 154 Å². The second-order valence-corrected chi connectivity index (χ2v) is 6.68. The van der Waals surface area contributed by atoms with Crippen LogP contribution in [0.1, 0.15) is 34.3 Å². The third kappa shape index (κ3) is 4.42. The fourth-order valence-electron chi connectivity index (χ4n) is 3.13.